The summed E-state index contributed by atoms with van der Waals surface area (Å²) >= 11 is 9.92. The fourth-order valence-electron chi connectivity index (χ4n) is 1.13. The third-order valence-corrected chi connectivity index (χ3v) is 3.32. The van der Waals surface area contributed by atoms with Gasteiger partial charge in [-0.25, -0.2) is 4.98 Å². The average molecular weight is 334 g/mol. The molecule has 0 aliphatic rings. The van der Waals surface area contributed by atoms with Crippen LogP contribution in [0.3, 0.4) is 0 Å². The molecule has 2 rings (SSSR count). The molecule has 0 fully saturated rings. The lowest BCUT2D eigenvalue weighted by molar-refractivity contribution is 0.102. The minimum Gasteiger partial charge on any atom is -0.304 e. The lowest BCUT2D eigenvalue weighted by Gasteiger charge is -2.05. The molecule has 0 bridgehead atoms. The van der Waals surface area contributed by atoms with Gasteiger partial charge in [-0.1, -0.05) is 11.3 Å². The molecule has 8 heteroatoms. The van der Waals surface area contributed by atoms with Crippen LogP contribution in [0.4, 0.5) is 5.82 Å². The first-order chi connectivity index (χ1) is 8.06. The average Bonchev–Trinajstić information content (AvgIpc) is 2.69. The number of carbonyl (C=O) groups excluding carboxylic acids is 1. The largest absolute Gasteiger partial charge is 0.304 e. The number of aromatic nitrogens is 3. The number of nitrogens with one attached hydrogen (secondary N) is 1. The van der Waals surface area contributed by atoms with Gasteiger partial charge in [-0.3, -0.25) is 4.79 Å². The number of carbonyl (C=O) groups is 1. The maximum atomic E-state index is 11.8. The van der Waals surface area contributed by atoms with Gasteiger partial charge < -0.3 is 5.32 Å². The molecule has 88 valence electrons. The lowest BCUT2D eigenvalue weighted by atomic mass is 10.3. The molecule has 0 unspecified atom stereocenters. The Morgan fingerprint density at radius 2 is 2.29 bits per heavy atom. The Bertz CT molecular complexity index is 574. The smallest absolute Gasteiger partial charge is 0.287 e. The zero-order valence-corrected chi connectivity index (χ0v) is 11.7. The number of rotatable bonds is 2. The minimum atomic E-state index is -0.368. The summed E-state index contributed by atoms with van der Waals surface area (Å²) < 4.78 is 1.09. The third kappa shape index (κ3) is 2.99. The molecule has 1 N–H and O–H groups in total. The van der Waals surface area contributed by atoms with E-state index in [1.165, 1.54) is 0 Å². The SMILES string of the molecule is Cc1cc(Br)cnc1NC(=O)c1nnc(Cl)s1. The van der Waals surface area contributed by atoms with Crippen molar-refractivity contribution in [2.24, 2.45) is 0 Å². The van der Waals surface area contributed by atoms with E-state index < -0.39 is 0 Å². The van der Waals surface area contributed by atoms with Gasteiger partial charge in [0.2, 0.25) is 9.47 Å². The van der Waals surface area contributed by atoms with Crippen LogP contribution in [0.5, 0.6) is 0 Å². The third-order valence-electron chi connectivity index (χ3n) is 1.87. The van der Waals surface area contributed by atoms with Crippen molar-refractivity contribution in [3.8, 4) is 0 Å². The van der Waals surface area contributed by atoms with Crippen molar-refractivity contribution in [3.63, 3.8) is 0 Å². The van der Waals surface area contributed by atoms with Gasteiger partial charge in [0.15, 0.2) is 0 Å². The summed E-state index contributed by atoms with van der Waals surface area (Å²) in [5, 5.41) is 10.1. The van der Waals surface area contributed by atoms with Gasteiger partial charge in [-0.15, -0.1) is 10.2 Å². The highest BCUT2D eigenvalue weighted by Crippen LogP contribution is 2.19. The summed E-state index contributed by atoms with van der Waals surface area (Å²) in [4.78, 5) is 15.8. The Balaban J connectivity index is 2.18. The van der Waals surface area contributed by atoms with Gasteiger partial charge in [0.25, 0.3) is 5.91 Å². The molecule has 1 amide bonds. The zero-order chi connectivity index (χ0) is 12.4. The van der Waals surface area contributed by atoms with Crippen molar-refractivity contribution >= 4 is 50.6 Å². The van der Waals surface area contributed by atoms with E-state index in [9.17, 15) is 4.79 Å². The summed E-state index contributed by atoms with van der Waals surface area (Å²) in [7, 11) is 0. The fraction of sp³-hybridized carbons (Fsp3) is 0.111. The quantitative estimate of drug-likeness (QED) is 0.917. The van der Waals surface area contributed by atoms with Crippen molar-refractivity contribution < 1.29 is 4.79 Å². The van der Waals surface area contributed by atoms with Crippen LogP contribution in [-0.4, -0.2) is 21.1 Å². The Morgan fingerprint density at radius 1 is 1.53 bits per heavy atom. The molecule has 2 heterocycles. The number of aryl methyl sites for hydroxylation is 1. The Kier molecular flexibility index (Phi) is 3.70. The molecule has 0 spiro atoms. The molecule has 17 heavy (non-hydrogen) atoms. The number of amides is 1. The van der Waals surface area contributed by atoms with Gasteiger partial charge in [0, 0.05) is 10.7 Å². The normalized spacial score (nSPS) is 10.3. The van der Waals surface area contributed by atoms with Crippen LogP contribution in [0.2, 0.25) is 4.47 Å². The molecule has 0 atom stereocenters. The molecule has 0 saturated heterocycles. The van der Waals surface area contributed by atoms with E-state index in [4.69, 9.17) is 11.6 Å². The van der Waals surface area contributed by atoms with E-state index in [1.807, 2.05) is 13.0 Å². The first kappa shape index (κ1) is 12.4. The lowest BCUT2D eigenvalue weighted by Crippen LogP contribution is -2.13. The zero-order valence-electron chi connectivity index (χ0n) is 8.57. The van der Waals surface area contributed by atoms with Gasteiger partial charge in [-0.2, -0.15) is 0 Å². The van der Waals surface area contributed by atoms with Crippen molar-refractivity contribution in [1.29, 1.82) is 0 Å². The predicted molar refractivity (Wildman–Crippen MR) is 69.5 cm³/mol. The van der Waals surface area contributed by atoms with E-state index in [0.717, 1.165) is 21.4 Å². The van der Waals surface area contributed by atoms with Crippen LogP contribution in [-0.2, 0) is 0 Å². The van der Waals surface area contributed by atoms with E-state index in [1.54, 1.807) is 6.20 Å². The van der Waals surface area contributed by atoms with E-state index in [2.05, 4.69) is 36.4 Å². The second-order valence-corrected chi connectivity index (χ2v) is 5.61. The second kappa shape index (κ2) is 5.07. The van der Waals surface area contributed by atoms with Crippen molar-refractivity contribution in [3.05, 3.63) is 31.8 Å². The number of halogens is 2. The Hall–Kier alpha value is -1.05. The van der Waals surface area contributed by atoms with Crippen LogP contribution < -0.4 is 5.32 Å². The Labute approximate surface area is 114 Å². The number of pyridine rings is 1. The van der Waals surface area contributed by atoms with Gasteiger partial charge in [0.1, 0.15) is 5.82 Å². The molecule has 2 aromatic heterocycles. The van der Waals surface area contributed by atoms with Crippen LogP contribution in [0.25, 0.3) is 0 Å². The maximum absolute atomic E-state index is 11.8. The van der Waals surface area contributed by atoms with Crippen LogP contribution >= 0.6 is 38.9 Å². The predicted octanol–water partition coefficient (Wildman–Crippen LogP) is 2.91. The van der Waals surface area contributed by atoms with Gasteiger partial charge in [0.05, 0.1) is 0 Å². The van der Waals surface area contributed by atoms with E-state index in [-0.39, 0.29) is 15.4 Å². The first-order valence-corrected chi connectivity index (χ1v) is 6.47. The van der Waals surface area contributed by atoms with Gasteiger partial charge in [-0.05, 0) is 46.1 Å². The van der Waals surface area contributed by atoms with Crippen LogP contribution in [0.15, 0.2) is 16.7 Å². The standard InChI is InChI=1S/C9H6BrClN4OS/c1-4-2-5(10)3-12-6(4)13-7(16)8-14-15-9(11)17-8/h2-3H,1H3,(H,12,13,16). The highest BCUT2D eigenvalue weighted by atomic mass is 79.9. The maximum Gasteiger partial charge on any atom is 0.287 e. The first-order valence-electron chi connectivity index (χ1n) is 4.49. The van der Waals surface area contributed by atoms with Crippen molar-refractivity contribution in [2.75, 3.05) is 5.32 Å². The van der Waals surface area contributed by atoms with Gasteiger partial charge >= 0.3 is 0 Å². The van der Waals surface area contributed by atoms with E-state index >= 15 is 0 Å². The summed E-state index contributed by atoms with van der Waals surface area (Å²) in [5.74, 6) is 0.122. The monoisotopic (exact) mass is 332 g/mol. The fourth-order valence-corrected chi connectivity index (χ4v) is 2.30. The number of hydrogen-bond acceptors (Lipinski definition) is 5. The molecule has 0 saturated carbocycles. The second-order valence-electron chi connectivity index (χ2n) is 3.13. The molecule has 0 aliphatic carbocycles. The summed E-state index contributed by atoms with van der Waals surface area (Å²) in [5.41, 5.74) is 0.850. The molecular weight excluding hydrogens is 328 g/mol. The minimum absolute atomic E-state index is 0.208. The topological polar surface area (TPSA) is 67.8 Å². The van der Waals surface area contributed by atoms with Crippen molar-refractivity contribution in [1.82, 2.24) is 15.2 Å². The molecule has 5 nitrogen and oxygen atoms in total. The summed E-state index contributed by atoms with van der Waals surface area (Å²) in [6.07, 6.45) is 1.61. The number of nitrogens with zero attached hydrogens (tertiary/aromatic N) is 3. The summed E-state index contributed by atoms with van der Waals surface area (Å²) in [6, 6.07) is 1.86. The number of hydrogen-bond donors (Lipinski definition) is 1. The molecular formula is C9H6BrClN4OS. The van der Waals surface area contributed by atoms with Crippen LogP contribution in [0.1, 0.15) is 15.4 Å². The molecule has 0 radical (unpaired) electrons. The molecule has 2 aromatic rings. The van der Waals surface area contributed by atoms with Crippen molar-refractivity contribution in [2.45, 2.75) is 6.92 Å². The molecule has 0 aromatic carbocycles. The Morgan fingerprint density at radius 3 is 2.88 bits per heavy atom. The molecule has 0 aliphatic heterocycles. The highest BCUT2D eigenvalue weighted by molar-refractivity contribution is 9.10. The number of anilines is 1. The highest BCUT2D eigenvalue weighted by Gasteiger charge is 2.13. The summed E-state index contributed by atoms with van der Waals surface area (Å²) in [6.45, 7) is 1.85. The van der Waals surface area contributed by atoms with E-state index in [0.29, 0.717) is 5.82 Å². The van der Waals surface area contributed by atoms with Crippen LogP contribution in [0, 0.1) is 6.92 Å².